The number of thioether (sulfide) groups is 2. The topological polar surface area (TPSA) is 34.1 Å². The summed E-state index contributed by atoms with van der Waals surface area (Å²) in [5.74, 6) is 1.36. The molecule has 0 aliphatic heterocycles. The molecule has 0 spiro atoms. The molecule has 0 aromatic carbocycles. The third-order valence-electron chi connectivity index (χ3n) is 2.73. The molecule has 1 rings (SSSR count). The zero-order chi connectivity index (χ0) is 12.3. The molecule has 0 bridgehead atoms. The fraction of sp³-hybridized carbons (Fsp3) is 0.500. The lowest BCUT2D eigenvalue weighted by molar-refractivity contribution is -0.116. The number of carbonyl (C=O) groups excluding carboxylic acids is 2. The Labute approximate surface area is 105 Å². The van der Waals surface area contributed by atoms with Crippen LogP contribution in [-0.2, 0) is 9.59 Å². The first-order valence-electron chi connectivity index (χ1n) is 5.01. The van der Waals surface area contributed by atoms with Crippen LogP contribution >= 0.6 is 23.5 Å². The van der Waals surface area contributed by atoms with Crippen molar-refractivity contribution in [2.45, 2.75) is 13.8 Å². The van der Waals surface area contributed by atoms with Gasteiger partial charge in [0.05, 0.1) is 0 Å². The lowest BCUT2D eigenvalue weighted by atomic mass is 9.87. The number of hydrogen-bond acceptors (Lipinski definition) is 4. The van der Waals surface area contributed by atoms with E-state index in [1.54, 1.807) is 37.4 Å². The second-order valence-corrected chi connectivity index (χ2v) is 5.46. The highest BCUT2D eigenvalue weighted by molar-refractivity contribution is 7.99. The largest absolute Gasteiger partial charge is 0.289 e. The van der Waals surface area contributed by atoms with Gasteiger partial charge in [0.15, 0.2) is 11.6 Å². The van der Waals surface area contributed by atoms with Gasteiger partial charge in [-0.2, -0.15) is 23.5 Å². The Morgan fingerprint density at radius 3 is 1.38 bits per heavy atom. The molecule has 0 heterocycles. The average Bonchev–Trinajstić information content (AvgIpc) is 2.28. The first kappa shape index (κ1) is 13.6. The Hall–Kier alpha value is -0.480. The smallest absolute Gasteiger partial charge is 0.186 e. The van der Waals surface area contributed by atoms with Crippen molar-refractivity contribution in [1.29, 1.82) is 0 Å². The minimum Gasteiger partial charge on any atom is -0.289 e. The highest BCUT2D eigenvalue weighted by Gasteiger charge is 2.29. The van der Waals surface area contributed by atoms with Gasteiger partial charge in [0.25, 0.3) is 0 Å². The highest BCUT2D eigenvalue weighted by atomic mass is 32.2. The Balaban J connectivity index is 3.21. The molecule has 0 aromatic rings. The first-order valence-corrected chi connectivity index (χ1v) is 7.80. The molecule has 1 aliphatic rings. The van der Waals surface area contributed by atoms with Crippen LogP contribution in [0.2, 0.25) is 0 Å². The predicted molar refractivity (Wildman–Crippen MR) is 72.2 cm³/mol. The Morgan fingerprint density at radius 1 is 0.812 bits per heavy atom. The van der Waals surface area contributed by atoms with E-state index in [9.17, 15) is 9.59 Å². The maximum Gasteiger partial charge on any atom is 0.186 e. The van der Waals surface area contributed by atoms with Crippen LogP contribution in [-0.4, -0.2) is 35.6 Å². The lowest BCUT2D eigenvalue weighted by Crippen LogP contribution is -2.24. The molecule has 0 atom stereocenters. The molecular formula is C12H16O2S2. The van der Waals surface area contributed by atoms with E-state index in [4.69, 9.17) is 0 Å². The maximum absolute atomic E-state index is 12.1. The van der Waals surface area contributed by atoms with E-state index in [1.807, 2.05) is 12.5 Å². The van der Waals surface area contributed by atoms with Crippen molar-refractivity contribution in [3.63, 3.8) is 0 Å². The van der Waals surface area contributed by atoms with Gasteiger partial charge >= 0.3 is 0 Å². The molecule has 16 heavy (non-hydrogen) atoms. The molecule has 0 fully saturated rings. The zero-order valence-electron chi connectivity index (χ0n) is 10.0. The number of hydrogen-bond donors (Lipinski definition) is 0. The predicted octanol–water partition coefficient (Wildman–Crippen LogP) is 2.50. The fourth-order valence-corrected chi connectivity index (χ4v) is 2.85. The fourth-order valence-electron chi connectivity index (χ4n) is 1.66. The van der Waals surface area contributed by atoms with Gasteiger partial charge in [0.2, 0.25) is 0 Å². The zero-order valence-corrected chi connectivity index (χ0v) is 11.7. The Kier molecular flexibility index (Phi) is 4.87. The van der Waals surface area contributed by atoms with Crippen molar-refractivity contribution >= 4 is 35.1 Å². The monoisotopic (exact) mass is 256 g/mol. The third kappa shape index (κ3) is 2.43. The standard InChI is InChI=1S/C12H16O2S2/c1-7-8(2)12(14)10(6-16-4)9(5-15-3)11(7)13/h5-6H2,1-4H3. The van der Waals surface area contributed by atoms with Gasteiger partial charge in [0, 0.05) is 33.8 Å². The van der Waals surface area contributed by atoms with E-state index in [-0.39, 0.29) is 11.6 Å². The van der Waals surface area contributed by atoms with Crippen molar-refractivity contribution in [1.82, 2.24) is 0 Å². The van der Waals surface area contributed by atoms with Crippen molar-refractivity contribution in [3.8, 4) is 0 Å². The van der Waals surface area contributed by atoms with Crippen LogP contribution in [0.25, 0.3) is 0 Å². The van der Waals surface area contributed by atoms with E-state index in [2.05, 4.69) is 0 Å². The van der Waals surface area contributed by atoms with Crippen LogP contribution in [0.3, 0.4) is 0 Å². The molecule has 88 valence electrons. The second kappa shape index (κ2) is 5.73. The molecule has 0 aromatic heterocycles. The number of rotatable bonds is 4. The summed E-state index contributed by atoms with van der Waals surface area (Å²) in [6, 6.07) is 0. The van der Waals surface area contributed by atoms with Gasteiger partial charge in [-0.15, -0.1) is 0 Å². The number of Topliss-reactive ketones (excluding diaryl/α,β-unsaturated/α-hetero) is 2. The van der Waals surface area contributed by atoms with E-state index < -0.39 is 0 Å². The summed E-state index contributed by atoms with van der Waals surface area (Å²) < 4.78 is 0. The van der Waals surface area contributed by atoms with Gasteiger partial charge in [-0.3, -0.25) is 9.59 Å². The quantitative estimate of drug-likeness (QED) is 0.724. The molecule has 0 saturated heterocycles. The molecule has 0 unspecified atom stereocenters. The summed E-state index contributed by atoms with van der Waals surface area (Å²) in [4.78, 5) is 24.1. The average molecular weight is 256 g/mol. The van der Waals surface area contributed by atoms with Gasteiger partial charge in [0.1, 0.15) is 0 Å². The number of ketones is 2. The Morgan fingerprint density at radius 2 is 1.12 bits per heavy atom. The molecule has 0 radical (unpaired) electrons. The van der Waals surface area contributed by atoms with Crippen LogP contribution in [0.15, 0.2) is 22.3 Å². The summed E-state index contributed by atoms with van der Waals surface area (Å²) in [6.45, 7) is 3.48. The summed E-state index contributed by atoms with van der Waals surface area (Å²) in [7, 11) is 0. The minimum absolute atomic E-state index is 0.0514. The van der Waals surface area contributed by atoms with Crippen molar-refractivity contribution in [2.75, 3.05) is 24.0 Å². The van der Waals surface area contributed by atoms with Crippen molar-refractivity contribution in [3.05, 3.63) is 22.3 Å². The van der Waals surface area contributed by atoms with Crippen LogP contribution in [0, 0.1) is 0 Å². The van der Waals surface area contributed by atoms with Gasteiger partial charge < -0.3 is 0 Å². The molecule has 0 amide bonds. The Bertz CT molecular complexity index is 356. The van der Waals surface area contributed by atoms with Crippen molar-refractivity contribution < 1.29 is 9.59 Å². The summed E-state index contributed by atoms with van der Waals surface area (Å²) in [5, 5.41) is 0. The molecule has 2 nitrogen and oxygen atoms in total. The van der Waals surface area contributed by atoms with Crippen LogP contribution in [0.1, 0.15) is 13.8 Å². The van der Waals surface area contributed by atoms with Gasteiger partial charge in [-0.05, 0) is 26.4 Å². The first-order chi connectivity index (χ1) is 7.54. The van der Waals surface area contributed by atoms with E-state index in [0.717, 1.165) is 0 Å². The van der Waals surface area contributed by atoms with E-state index >= 15 is 0 Å². The van der Waals surface area contributed by atoms with Gasteiger partial charge in [-0.25, -0.2) is 0 Å². The molecule has 4 heteroatoms. The lowest BCUT2D eigenvalue weighted by Gasteiger charge is -2.19. The van der Waals surface area contributed by atoms with Crippen LogP contribution in [0.4, 0.5) is 0 Å². The molecule has 0 saturated carbocycles. The number of carbonyl (C=O) groups is 2. The number of allylic oxidation sites excluding steroid dienone is 2. The molecule has 0 N–H and O–H groups in total. The SMILES string of the molecule is CSCC1=C(CSC)C(=O)C(C)=C(C)C1=O. The highest BCUT2D eigenvalue weighted by Crippen LogP contribution is 2.27. The van der Waals surface area contributed by atoms with E-state index in [0.29, 0.717) is 33.8 Å². The second-order valence-electron chi connectivity index (χ2n) is 3.73. The van der Waals surface area contributed by atoms with E-state index in [1.165, 1.54) is 0 Å². The molecule has 1 aliphatic carbocycles. The van der Waals surface area contributed by atoms with Gasteiger partial charge in [-0.1, -0.05) is 0 Å². The summed E-state index contributed by atoms with van der Waals surface area (Å²) in [6.07, 6.45) is 3.89. The van der Waals surface area contributed by atoms with Crippen molar-refractivity contribution in [2.24, 2.45) is 0 Å². The van der Waals surface area contributed by atoms with Crippen LogP contribution < -0.4 is 0 Å². The summed E-state index contributed by atoms with van der Waals surface area (Å²) >= 11 is 3.17. The van der Waals surface area contributed by atoms with Crippen LogP contribution in [0.5, 0.6) is 0 Å². The maximum atomic E-state index is 12.1. The minimum atomic E-state index is 0.0514. The molecular weight excluding hydrogens is 240 g/mol. The summed E-state index contributed by atoms with van der Waals surface area (Å²) in [5.41, 5.74) is 2.63. The normalized spacial score (nSPS) is 17.5. The third-order valence-corrected chi connectivity index (χ3v) is 3.89.